The van der Waals surface area contributed by atoms with Crippen molar-refractivity contribution in [1.82, 2.24) is 0 Å². The van der Waals surface area contributed by atoms with Gasteiger partial charge in [0.15, 0.2) is 0 Å². The van der Waals surface area contributed by atoms with Gasteiger partial charge in [0.1, 0.15) is 0 Å². The molecule has 0 aliphatic rings. The lowest BCUT2D eigenvalue weighted by Crippen LogP contribution is -1.78. The Morgan fingerprint density at radius 1 is 0.938 bits per heavy atom. The van der Waals surface area contributed by atoms with E-state index in [0.29, 0.717) is 0 Å². The van der Waals surface area contributed by atoms with Crippen LogP contribution in [0.5, 0.6) is 0 Å². The third-order valence-corrected chi connectivity index (χ3v) is 2.37. The first-order valence-corrected chi connectivity index (χ1v) is 5.18. The Kier molecular flexibility index (Phi) is 3.35. The second-order valence-corrected chi connectivity index (χ2v) is 3.47. The summed E-state index contributed by atoms with van der Waals surface area (Å²) in [5.74, 6) is 0. The molecular formula is C16H12. The van der Waals surface area contributed by atoms with Crippen molar-refractivity contribution in [3.63, 3.8) is 0 Å². The van der Waals surface area contributed by atoms with Crippen LogP contribution in [-0.4, -0.2) is 0 Å². The van der Waals surface area contributed by atoms with Gasteiger partial charge >= 0.3 is 0 Å². The molecule has 2 aromatic carbocycles. The van der Waals surface area contributed by atoms with Crippen LogP contribution in [0.2, 0.25) is 0 Å². The summed E-state index contributed by atoms with van der Waals surface area (Å²) in [7, 11) is 0. The molecule has 0 spiro atoms. The predicted octanol–water partition coefficient (Wildman–Crippen LogP) is 4.10. The number of rotatable bonds is 3. The van der Waals surface area contributed by atoms with Gasteiger partial charge in [-0.1, -0.05) is 67.3 Å². The maximum atomic E-state index is 5.55. The van der Waals surface area contributed by atoms with Crippen LogP contribution in [-0.2, 0) is 0 Å². The van der Waals surface area contributed by atoms with Crippen molar-refractivity contribution in [2.45, 2.75) is 0 Å². The van der Waals surface area contributed by atoms with Crippen molar-refractivity contribution in [2.24, 2.45) is 0 Å². The van der Waals surface area contributed by atoms with Gasteiger partial charge < -0.3 is 0 Å². The molecule has 0 atom stereocenters. The third kappa shape index (κ3) is 2.48. The van der Waals surface area contributed by atoms with E-state index in [9.17, 15) is 0 Å². The van der Waals surface area contributed by atoms with E-state index in [0.717, 1.165) is 11.1 Å². The van der Waals surface area contributed by atoms with Gasteiger partial charge in [-0.25, -0.2) is 0 Å². The monoisotopic (exact) mass is 204 g/mol. The highest BCUT2D eigenvalue weighted by molar-refractivity contribution is 5.74. The molecule has 0 aliphatic heterocycles. The Hall–Kier alpha value is -2.08. The molecule has 0 saturated heterocycles. The van der Waals surface area contributed by atoms with E-state index in [1.807, 2.05) is 42.5 Å². The Balaban J connectivity index is 2.27. The van der Waals surface area contributed by atoms with E-state index in [-0.39, 0.29) is 0 Å². The van der Waals surface area contributed by atoms with Gasteiger partial charge in [-0.2, -0.15) is 0 Å². The van der Waals surface area contributed by atoms with E-state index >= 15 is 0 Å². The lowest BCUT2D eigenvalue weighted by atomic mass is 10.1. The van der Waals surface area contributed by atoms with Crippen LogP contribution in [0.3, 0.4) is 0 Å². The molecular weight excluding hydrogens is 192 g/mol. The first-order valence-electron chi connectivity index (χ1n) is 5.18. The van der Waals surface area contributed by atoms with Crippen LogP contribution in [0.15, 0.2) is 48.5 Å². The van der Waals surface area contributed by atoms with E-state index in [1.165, 1.54) is 5.56 Å². The fourth-order valence-electron chi connectivity index (χ4n) is 1.50. The molecule has 0 unspecified atom stereocenters. The third-order valence-electron chi connectivity index (χ3n) is 2.37. The lowest BCUT2D eigenvalue weighted by Gasteiger charge is -1.99. The Bertz CT molecular complexity index is 492. The second-order valence-electron chi connectivity index (χ2n) is 3.47. The van der Waals surface area contributed by atoms with Crippen molar-refractivity contribution in [3.05, 3.63) is 77.9 Å². The van der Waals surface area contributed by atoms with Crippen molar-refractivity contribution >= 4 is 18.2 Å². The fourth-order valence-corrected chi connectivity index (χ4v) is 1.50. The van der Waals surface area contributed by atoms with E-state index in [2.05, 4.69) is 24.3 Å². The largest absolute Gasteiger partial charge is 0.0622 e. The van der Waals surface area contributed by atoms with E-state index < -0.39 is 0 Å². The lowest BCUT2D eigenvalue weighted by molar-refractivity contribution is 1.60. The van der Waals surface area contributed by atoms with Crippen molar-refractivity contribution in [3.8, 4) is 0 Å². The fraction of sp³-hybridized carbons (Fsp3) is 0. The molecule has 0 N–H and O–H groups in total. The number of hydrogen-bond acceptors (Lipinski definition) is 0. The van der Waals surface area contributed by atoms with Crippen LogP contribution >= 0.6 is 0 Å². The van der Waals surface area contributed by atoms with Gasteiger partial charge in [-0.15, -0.1) is 0 Å². The van der Waals surface area contributed by atoms with Crippen LogP contribution in [0, 0.1) is 12.6 Å². The van der Waals surface area contributed by atoms with Crippen LogP contribution in [0.4, 0.5) is 0 Å². The molecule has 16 heavy (non-hydrogen) atoms. The Morgan fingerprint density at radius 2 is 1.75 bits per heavy atom. The molecule has 2 rings (SSSR count). The van der Waals surface area contributed by atoms with Gasteiger partial charge in [-0.05, 0) is 28.8 Å². The SMILES string of the molecule is [CH]=Cc1cc[c]cc1C=Cc1ccccc1. The highest BCUT2D eigenvalue weighted by atomic mass is 14.0. The summed E-state index contributed by atoms with van der Waals surface area (Å²) in [4.78, 5) is 0. The zero-order valence-corrected chi connectivity index (χ0v) is 8.93. The van der Waals surface area contributed by atoms with Gasteiger partial charge in [0.25, 0.3) is 0 Å². The highest BCUT2D eigenvalue weighted by Gasteiger charge is 1.92. The number of hydrogen-bond donors (Lipinski definition) is 0. The molecule has 0 amide bonds. The second kappa shape index (κ2) is 5.13. The van der Waals surface area contributed by atoms with Crippen LogP contribution in [0.1, 0.15) is 16.7 Å². The van der Waals surface area contributed by atoms with Crippen molar-refractivity contribution in [1.29, 1.82) is 0 Å². The zero-order chi connectivity index (χ0) is 11.2. The maximum absolute atomic E-state index is 5.55. The molecule has 0 bridgehead atoms. The van der Waals surface area contributed by atoms with Gasteiger partial charge in [0, 0.05) is 0 Å². The van der Waals surface area contributed by atoms with Gasteiger partial charge in [0.2, 0.25) is 0 Å². The Labute approximate surface area is 96.6 Å². The van der Waals surface area contributed by atoms with E-state index in [4.69, 9.17) is 6.58 Å². The summed E-state index contributed by atoms with van der Waals surface area (Å²) in [5, 5.41) is 0. The topological polar surface area (TPSA) is 0 Å². The molecule has 0 aromatic heterocycles. The molecule has 0 fully saturated rings. The summed E-state index contributed by atoms with van der Waals surface area (Å²) >= 11 is 0. The smallest absolute Gasteiger partial charge is 0.0177 e. The Morgan fingerprint density at radius 3 is 2.50 bits per heavy atom. The molecule has 76 valence electrons. The molecule has 0 heteroatoms. The minimum Gasteiger partial charge on any atom is -0.0622 e. The minimum atomic E-state index is 1.02. The minimum absolute atomic E-state index is 1.02. The molecule has 2 radical (unpaired) electrons. The van der Waals surface area contributed by atoms with Crippen LogP contribution < -0.4 is 0 Å². The summed E-state index contributed by atoms with van der Waals surface area (Å²) in [6, 6.07) is 19.0. The highest BCUT2D eigenvalue weighted by Crippen LogP contribution is 2.13. The maximum Gasteiger partial charge on any atom is -0.0177 e. The molecule has 0 saturated carbocycles. The van der Waals surface area contributed by atoms with Crippen LogP contribution in [0.25, 0.3) is 18.2 Å². The number of benzene rings is 2. The normalized spacial score (nSPS) is 10.5. The average molecular weight is 204 g/mol. The van der Waals surface area contributed by atoms with E-state index in [1.54, 1.807) is 6.08 Å². The van der Waals surface area contributed by atoms with Gasteiger partial charge in [-0.3, -0.25) is 0 Å². The molecule has 0 aliphatic carbocycles. The van der Waals surface area contributed by atoms with Crippen molar-refractivity contribution in [2.75, 3.05) is 0 Å². The molecule has 0 nitrogen and oxygen atoms in total. The zero-order valence-electron chi connectivity index (χ0n) is 8.93. The van der Waals surface area contributed by atoms with Crippen molar-refractivity contribution < 1.29 is 0 Å². The average Bonchev–Trinajstić information content (AvgIpc) is 2.38. The predicted molar refractivity (Wildman–Crippen MR) is 69.4 cm³/mol. The first kappa shape index (κ1) is 10.4. The van der Waals surface area contributed by atoms with Gasteiger partial charge in [0.05, 0.1) is 0 Å². The molecule has 2 aromatic rings. The summed E-state index contributed by atoms with van der Waals surface area (Å²) < 4.78 is 0. The summed E-state index contributed by atoms with van der Waals surface area (Å²) in [6.45, 7) is 5.55. The standard InChI is InChI=1S/C16H12/c1-2-15-10-6-7-11-16(15)13-12-14-8-4-3-5-9-14/h1-6,8-13H. The first-order chi connectivity index (χ1) is 7.90. The summed E-state index contributed by atoms with van der Waals surface area (Å²) in [6.07, 6.45) is 5.72. The molecule has 0 heterocycles. The summed E-state index contributed by atoms with van der Waals surface area (Å²) in [5.41, 5.74) is 3.27. The quantitative estimate of drug-likeness (QED) is 0.660.